The molecule has 4 rings (SSSR count). The van der Waals surface area contributed by atoms with E-state index in [9.17, 15) is 0 Å². The smallest absolute Gasteiger partial charge is 0.231 e. The SMILES string of the molecule is CCc1oc2ccccc2c1Cc1nc(-c2cnc(COC)nc2N)no1. The molecule has 0 radical (unpaired) electrons. The summed E-state index contributed by atoms with van der Waals surface area (Å²) in [5, 5.41) is 5.09. The van der Waals surface area contributed by atoms with Crippen molar-refractivity contribution in [2.75, 3.05) is 12.8 Å². The van der Waals surface area contributed by atoms with Crippen LogP contribution in [0, 0.1) is 0 Å². The van der Waals surface area contributed by atoms with E-state index in [1.807, 2.05) is 24.3 Å². The molecule has 0 unspecified atom stereocenters. The molecule has 3 heterocycles. The second-order valence-electron chi connectivity index (χ2n) is 6.06. The molecular formula is C19H19N5O3. The summed E-state index contributed by atoms with van der Waals surface area (Å²) in [6, 6.07) is 7.93. The zero-order valence-electron chi connectivity index (χ0n) is 15.1. The van der Waals surface area contributed by atoms with Crippen LogP contribution in [-0.2, 0) is 24.2 Å². The van der Waals surface area contributed by atoms with Gasteiger partial charge in [-0.3, -0.25) is 0 Å². The highest BCUT2D eigenvalue weighted by atomic mass is 16.5. The standard InChI is InChI=1S/C19H19N5O3/c1-3-14-12(11-6-4-5-7-15(11)26-14)8-17-23-19(24-27-17)13-9-21-16(10-25-2)22-18(13)20/h4-7,9H,3,8,10H2,1-2H3,(H2,20,21,22). The molecule has 8 heteroatoms. The lowest BCUT2D eigenvalue weighted by Gasteiger charge is -2.02. The third-order valence-electron chi connectivity index (χ3n) is 4.28. The second-order valence-corrected chi connectivity index (χ2v) is 6.06. The van der Waals surface area contributed by atoms with Crippen molar-refractivity contribution in [1.29, 1.82) is 0 Å². The Hall–Kier alpha value is -3.26. The monoisotopic (exact) mass is 365 g/mol. The minimum Gasteiger partial charge on any atom is -0.461 e. The first-order chi connectivity index (χ1) is 13.2. The third kappa shape index (κ3) is 3.26. The zero-order valence-corrected chi connectivity index (χ0v) is 15.1. The molecule has 0 amide bonds. The Labute approximate surface area is 155 Å². The highest BCUT2D eigenvalue weighted by molar-refractivity contribution is 5.82. The summed E-state index contributed by atoms with van der Waals surface area (Å²) in [7, 11) is 1.57. The molecule has 0 saturated heterocycles. The molecule has 138 valence electrons. The number of anilines is 1. The van der Waals surface area contributed by atoms with Crippen molar-refractivity contribution >= 4 is 16.8 Å². The van der Waals surface area contributed by atoms with Crippen molar-refractivity contribution in [3.8, 4) is 11.4 Å². The molecule has 0 spiro atoms. The molecule has 3 aromatic heterocycles. The van der Waals surface area contributed by atoms with Crippen LogP contribution >= 0.6 is 0 Å². The second kappa shape index (κ2) is 7.16. The van der Waals surface area contributed by atoms with Crippen LogP contribution in [0.25, 0.3) is 22.4 Å². The Balaban J connectivity index is 1.64. The fraction of sp³-hybridized carbons (Fsp3) is 0.263. The Morgan fingerprint density at radius 2 is 2.04 bits per heavy atom. The van der Waals surface area contributed by atoms with Crippen LogP contribution in [0.2, 0.25) is 0 Å². The van der Waals surface area contributed by atoms with Gasteiger partial charge in [0.05, 0.1) is 12.0 Å². The molecule has 0 aliphatic carbocycles. The van der Waals surface area contributed by atoms with Gasteiger partial charge in [-0.15, -0.1) is 0 Å². The molecule has 1 aromatic carbocycles. The maximum absolute atomic E-state index is 6.01. The summed E-state index contributed by atoms with van der Waals surface area (Å²) in [6.45, 7) is 2.34. The molecule has 0 bridgehead atoms. The van der Waals surface area contributed by atoms with Gasteiger partial charge in [-0.05, 0) is 6.07 Å². The number of para-hydroxylation sites is 1. The number of methoxy groups -OCH3 is 1. The minimum atomic E-state index is 0.285. The van der Waals surface area contributed by atoms with Crippen LogP contribution in [0.3, 0.4) is 0 Å². The number of benzene rings is 1. The van der Waals surface area contributed by atoms with Gasteiger partial charge >= 0.3 is 0 Å². The maximum Gasteiger partial charge on any atom is 0.231 e. The average molecular weight is 365 g/mol. The van der Waals surface area contributed by atoms with Gasteiger partial charge in [-0.25, -0.2) is 9.97 Å². The van der Waals surface area contributed by atoms with Gasteiger partial charge in [0, 0.05) is 30.7 Å². The van der Waals surface area contributed by atoms with Crippen molar-refractivity contribution in [3.63, 3.8) is 0 Å². The van der Waals surface area contributed by atoms with Crippen LogP contribution in [0.4, 0.5) is 5.82 Å². The van der Waals surface area contributed by atoms with Gasteiger partial charge in [0.25, 0.3) is 0 Å². The highest BCUT2D eigenvalue weighted by Crippen LogP contribution is 2.29. The number of nitrogens with two attached hydrogens (primary N) is 1. The van der Waals surface area contributed by atoms with Gasteiger partial charge < -0.3 is 19.4 Å². The van der Waals surface area contributed by atoms with Crippen LogP contribution < -0.4 is 5.73 Å². The van der Waals surface area contributed by atoms with Crippen LogP contribution in [0.1, 0.15) is 30.0 Å². The van der Waals surface area contributed by atoms with Crippen molar-refractivity contribution < 1.29 is 13.7 Å². The number of nitrogens with zero attached hydrogens (tertiary/aromatic N) is 4. The Kier molecular flexibility index (Phi) is 4.55. The number of aryl methyl sites for hydroxylation is 1. The zero-order chi connectivity index (χ0) is 18.8. The topological polar surface area (TPSA) is 113 Å². The number of hydrogen-bond acceptors (Lipinski definition) is 8. The molecule has 0 aliphatic heterocycles. The van der Waals surface area contributed by atoms with E-state index >= 15 is 0 Å². The molecule has 27 heavy (non-hydrogen) atoms. The number of fused-ring (bicyclic) bond motifs is 1. The predicted molar refractivity (Wildman–Crippen MR) is 98.8 cm³/mol. The Morgan fingerprint density at radius 3 is 2.81 bits per heavy atom. The number of ether oxygens (including phenoxy) is 1. The summed E-state index contributed by atoms with van der Waals surface area (Å²) in [5.74, 6) is 2.54. The largest absolute Gasteiger partial charge is 0.461 e. The van der Waals surface area contributed by atoms with Crippen LogP contribution in [-0.4, -0.2) is 27.2 Å². The van der Waals surface area contributed by atoms with E-state index in [0.29, 0.717) is 29.5 Å². The molecule has 0 saturated carbocycles. The van der Waals surface area contributed by atoms with E-state index in [0.717, 1.165) is 28.7 Å². The van der Waals surface area contributed by atoms with E-state index in [1.165, 1.54) is 0 Å². The summed E-state index contributed by atoms with van der Waals surface area (Å²) in [6.07, 6.45) is 2.85. The molecule has 0 fully saturated rings. The molecule has 0 aliphatic rings. The number of nitrogen functional groups attached to an aromatic ring is 1. The summed E-state index contributed by atoms with van der Waals surface area (Å²) < 4.78 is 16.4. The Bertz CT molecular complexity index is 1090. The number of rotatable bonds is 6. The lowest BCUT2D eigenvalue weighted by molar-refractivity contribution is 0.178. The highest BCUT2D eigenvalue weighted by Gasteiger charge is 2.18. The van der Waals surface area contributed by atoms with Crippen molar-refractivity contribution in [3.05, 3.63) is 53.5 Å². The fourth-order valence-electron chi connectivity index (χ4n) is 3.02. The van der Waals surface area contributed by atoms with E-state index in [1.54, 1.807) is 13.3 Å². The Morgan fingerprint density at radius 1 is 1.19 bits per heavy atom. The van der Waals surface area contributed by atoms with Gasteiger partial charge in [0.1, 0.15) is 23.8 Å². The lowest BCUT2D eigenvalue weighted by atomic mass is 10.1. The summed E-state index contributed by atoms with van der Waals surface area (Å²) in [4.78, 5) is 12.9. The maximum atomic E-state index is 6.01. The van der Waals surface area contributed by atoms with Gasteiger partial charge in [0.2, 0.25) is 11.7 Å². The lowest BCUT2D eigenvalue weighted by Crippen LogP contribution is -2.03. The first kappa shape index (κ1) is 17.2. The third-order valence-corrected chi connectivity index (χ3v) is 4.28. The average Bonchev–Trinajstić information content (AvgIpc) is 3.27. The first-order valence-corrected chi connectivity index (χ1v) is 8.62. The summed E-state index contributed by atoms with van der Waals surface area (Å²) >= 11 is 0. The van der Waals surface area contributed by atoms with Gasteiger partial charge in [-0.2, -0.15) is 4.98 Å². The van der Waals surface area contributed by atoms with Gasteiger partial charge in [0.15, 0.2) is 5.82 Å². The molecule has 2 N–H and O–H groups in total. The minimum absolute atomic E-state index is 0.285. The molecule has 0 atom stereocenters. The van der Waals surface area contributed by atoms with Crippen LogP contribution in [0.5, 0.6) is 0 Å². The molecular weight excluding hydrogens is 346 g/mol. The number of aromatic nitrogens is 4. The molecule has 8 nitrogen and oxygen atoms in total. The summed E-state index contributed by atoms with van der Waals surface area (Å²) in [5.41, 5.74) is 8.45. The van der Waals surface area contributed by atoms with E-state index in [-0.39, 0.29) is 12.4 Å². The van der Waals surface area contributed by atoms with Crippen LogP contribution in [0.15, 0.2) is 39.4 Å². The number of furan rings is 1. The molecule has 4 aromatic rings. The van der Waals surface area contributed by atoms with Gasteiger partial charge in [-0.1, -0.05) is 30.3 Å². The fourth-order valence-corrected chi connectivity index (χ4v) is 3.02. The normalized spacial score (nSPS) is 11.3. The van der Waals surface area contributed by atoms with Crippen molar-refractivity contribution in [2.45, 2.75) is 26.4 Å². The number of hydrogen-bond donors (Lipinski definition) is 1. The van der Waals surface area contributed by atoms with E-state index < -0.39 is 0 Å². The van der Waals surface area contributed by atoms with Crippen molar-refractivity contribution in [1.82, 2.24) is 20.1 Å². The quantitative estimate of drug-likeness (QED) is 0.554. The first-order valence-electron chi connectivity index (χ1n) is 8.62. The van der Waals surface area contributed by atoms with E-state index in [2.05, 4.69) is 27.0 Å². The van der Waals surface area contributed by atoms with Crippen molar-refractivity contribution in [2.24, 2.45) is 0 Å². The van der Waals surface area contributed by atoms with E-state index in [4.69, 9.17) is 19.4 Å². The predicted octanol–water partition coefficient (Wildman–Crippen LogP) is 3.15.